The van der Waals surface area contributed by atoms with E-state index in [1.54, 1.807) is 0 Å². The molecule has 0 aromatic carbocycles. The molecule has 0 saturated heterocycles. The van der Waals surface area contributed by atoms with Gasteiger partial charge < -0.3 is 4.74 Å². The maximum Gasteiger partial charge on any atom is 0.198 e. The largest absolute Gasteiger partial charge is 0.377 e. The first-order valence-electron chi connectivity index (χ1n) is 15.0. The van der Waals surface area contributed by atoms with Crippen molar-refractivity contribution in [3.63, 3.8) is 0 Å². The quantitative estimate of drug-likeness (QED) is 0.0791. The number of hydrogen-bond acceptors (Lipinski definition) is 3. The SMILES string of the molecule is CCCCCCCCCCCCCCCCCCCCCCOC/C=C/C1CCC(=O)C(=O)C1. The van der Waals surface area contributed by atoms with Gasteiger partial charge >= 0.3 is 0 Å². The van der Waals surface area contributed by atoms with Gasteiger partial charge in [-0.25, -0.2) is 0 Å². The van der Waals surface area contributed by atoms with Gasteiger partial charge in [-0.05, 0) is 18.8 Å². The van der Waals surface area contributed by atoms with Gasteiger partial charge in [0.05, 0.1) is 6.61 Å². The van der Waals surface area contributed by atoms with E-state index in [0.29, 0.717) is 19.4 Å². The number of hydrogen-bond donors (Lipinski definition) is 0. The number of Topliss-reactive ketones (excluding diaryl/α,β-unsaturated/α-hetero) is 2. The third kappa shape index (κ3) is 19.4. The fraction of sp³-hybridized carbons (Fsp3) is 0.871. The van der Waals surface area contributed by atoms with Crippen LogP contribution in [0.5, 0.6) is 0 Å². The molecule has 1 atom stereocenters. The van der Waals surface area contributed by atoms with Crippen molar-refractivity contribution in [3.8, 4) is 0 Å². The second kappa shape index (κ2) is 23.8. The minimum Gasteiger partial charge on any atom is -0.377 e. The Hall–Kier alpha value is -0.960. The molecule has 0 amide bonds. The van der Waals surface area contributed by atoms with E-state index in [9.17, 15) is 9.59 Å². The summed E-state index contributed by atoms with van der Waals surface area (Å²) in [6.07, 6.45) is 33.8. The average Bonchev–Trinajstić information content (AvgIpc) is 2.84. The van der Waals surface area contributed by atoms with Crippen LogP contribution in [-0.2, 0) is 14.3 Å². The van der Waals surface area contributed by atoms with E-state index in [1.807, 2.05) is 6.08 Å². The molecule has 1 aliphatic carbocycles. The lowest BCUT2D eigenvalue weighted by Crippen LogP contribution is -2.23. The summed E-state index contributed by atoms with van der Waals surface area (Å²) in [5.41, 5.74) is 0. The zero-order valence-electron chi connectivity index (χ0n) is 22.6. The number of carbonyl (C=O) groups excluding carboxylic acids is 2. The summed E-state index contributed by atoms with van der Waals surface area (Å²) in [7, 11) is 0. The topological polar surface area (TPSA) is 43.4 Å². The van der Waals surface area contributed by atoms with Crippen molar-refractivity contribution in [2.24, 2.45) is 5.92 Å². The molecule has 1 unspecified atom stereocenters. The van der Waals surface area contributed by atoms with E-state index in [4.69, 9.17) is 4.74 Å². The third-order valence-electron chi connectivity index (χ3n) is 7.27. The average molecular weight is 477 g/mol. The number of unbranched alkanes of at least 4 members (excludes halogenated alkanes) is 19. The molecule has 0 aliphatic heterocycles. The fourth-order valence-corrected chi connectivity index (χ4v) is 4.93. The normalized spacial score (nSPS) is 16.7. The van der Waals surface area contributed by atoms with E-state index < -0.39 is 0 Å². The van der Waals surface area contributed by atoms with Crippen LogP contribution in [-0.4, -0.2) is 24.8 Å². The van der Waals surface area contributed by atoms with Crippen molar-refractivity contribution < 1.29 is 14.3 Å². The van der Waals surface area contributed by atoms with Crippen LogP contribution in [0.25, 0.3) is 0 Å². The highest BCUT2D eigenvalue weighted by molar-refractivity contribution is 6.37. The first-order chi connectivity index (χ1) is 16.7. The molecule has 198 valence electrons. The molecule has 1 fully saturated rings. The minimum absolute atomic E-state index is 0.194. The number of ketones is 2. The molecule has 3 heteroatoms. The van der Waals surface area contributed by atoms with Crippen LogP contribution in [0.1, 0.15) is 155 Å². The van der Waals surface area contributed by atoms with Crippen LogP contribution in [0.2, 0.25) is 0 Å². The molecule has 1 saturated carbocycles. The molecule has 0 heterocycles. The van der Waals surface area contributed by atoms with Crippen molar-refractivity contribution in [1.82, 2.24) is 0 Å². The highest BCUT2D eigenvalue weighted by Gasteiger charge is 2.24. The van der Waals surface area contributed by atoms with Gasteiger partial charge in [-0.15, -0.1) is 0 Å². The first kappa shape index (κ1) is 31.1. The Morgan fingerprint density at radius 2 is 1.09 bits per heavy atom. The van der Waals surface area contributed by atoms with Gasteiger partial charge in [0.15, 0.2) is 11.6 Å². The lowest BCUT2D eigenvalue weighted by molar-refractivity contribution is -0.138. The summed E-state index contributed by atoms with van der Waals surface area (Å²) >= 11 is 0. The summed E-state index contributed by atoms with van der Waals surface area (Å²) in [4.78, 5) is 22.7. The van der Waals surface area contributed by atoms with Crippen LogP contribution in [0.15, 0.2) is 12.2 Å². The smallest absolute Gasteiger partial charge is 0.198 e. The molecule has 0 radical (unpaired) electrons. The summed E-state index contributed by atoms with van der Waals surface area (Å²) < 4.78 is 5.67. The lowest BCUT2D eigenvalue weighted by Gasteiger charge is -2.15. The standard InChI is InChI=1S/C31H56O3/c1-2-3-4-5-6-7-8-9-10-11-12-13-14-15-16-17-18-19-20-21-26-34-27-22-23-29-24-25-30(32)31(33)28-29/h22-23,29H,2-21,24-28H2,1H3/b23-22+. The fourth-order valence-electron chi connectivity index (χ4n) is 4.93. The van der Waals surface area contributed by atoms with Crippen LogP contribution in [0.4, 0.5) is 0 Å². The van der Waals surface area contributed by atoms with Crippen molar-refractivity contribution in [3.05, 3.63) is 12.2 Å². The monoisotopic (exact) mass is 476 g/mol. The van der Waals surface area contributed by atoms with Crippen LogP contribution < -0.4 is 0 Å². The van der Waals surface area contributed by atoms with E-state index in [1.165, 1.54) is 122 Å². The molecule has 0 aromatic heterocycles. The highest BCUT2D eigenvalue weighted by Crippen LogP contribution is 2.20. The zero-order valence-corrected chi connectivity index (χ0v) is 22.6. The Morgan fingerprint density at radius 1 is 0.647 bits per heavy atom. The van der Waals surface area contributed by atoms with E-state index in [2.05, 4.69) is 13.0 Å². The van der Waals surface area contributed by atoms with Crippen molar-refractivity contribution in [1.29, 1.82) is 0 Å². The predicted octanol–water partition coefficient (Wildman–Crippen LogP) is 9.32. The molecular weight excluding hydrogens is 420 g/mol. The highest BCUT2D eigenvalue weighted by atomic mass is 16.5. The zero-order chi connectivity index (χ0) is 24.5. The van der Waals surface area contributed by atoms with Gasteiger partial charge in [-0.1, -0.05) is 141 Å². The second-order valence-corrected chi connectivity index (χ2v) is 10.6. The molecule has 0 bridgehead atoms. The van der Waals surface area contributed by atoms with Gasteiger partial charge in [-0.2, -0.15) is 0 Å². The molecule has 0 spiro atoms. The minimum atomic E-state index is -0.203. The van der Waals surface area contributed by atoms with Gasteiger partial charge in [0.1, 0.15) is 0 Å². The lowest BCUT2D eigenvalue weighted by atomic mass is 9.87. The summed E-state index contributed by atoms with van der Waals surface area (Å²) in [5, 5.41) is 0. The number of allylic oxidation sites excluding steroid dienone is 1. The number of rotatable bonds is 24. The first-order valence-corrected chi connectivity index (χ1v) is 15.0. The third-order valence-corrected chi connectivity index (χ3v) is 7.27. The Bertz CT molecular complexity index is 511. The van der Waals surface area contributed by atoms with Gasteiger partial charge in [0.2, 0.25) is 0 Å². The predicted molar refractivity (Wildman–Crippen MR) is 145 cm³/mol. The Balaban J connectivity index is 1.70. The maximum atomic E-state index is 11.4. The van der Waals surface area contributed by atoms with E-state index in [-0.39, 0.29) is 17.5 Å². The maximum absolute atomic E-state index is 11.4. The second-order valence-electron chi connectivity index (χ2n) is 10.6. The molecule has 1 aliphatic rings. The van der Waals surface area contributed by atoms with Crippen molar-refractivity contribution in [2.45, 2.75) is 155 Å². The van der Waals surface area contributed by atoms with Crippen molar-refractivity contribution in [2.75, 3.05) is 13.2 Å². The van der Waals surface area contributed by atoms with Crippen molar-refractivity contribution >= 4 is 11.6 Å². The summed E-state index contributed by atoms with van der Waals surface area (Å²) in [6.45, 7) is 3.74. The molecule has 1 rings (SSSR count). The summed E-state index contributed by atoms with van der Waals surface area (Å²) in [5.74, 6) is -0.167. The Morgan fingerprint density at radius 3 is 1.53 bits per heavy atom. The molecule has 0 aromatic rings. The van der Waals surface area contributed by atoms with Gasteiger partial charge in [0, 0.05) is 19.4 Å². The van der Waals surface area contributed by atoms with E-state index >= 15 is 0 Å². The van der Waals surface area contributed by atoms with Gasteiger partial charge in [-0.3, -0.25) is 9.59 Å². The Labute approximate surface area is 211 Å². The molecule has 3 nitrogen and oxygen atoms in total. The Kier molecular flexibility index (Phi) is 21.7. The van der Waals surface area contributed by atoms with Crippen LogP contribution >= 0.6 is 0 Å². The van der Waals surface area contributed by atoms with Crippen LogP contribution in [0.3, 0.4) is 0 Å². The van der Waals surface area contributed by atoms with E-state index in [0.717, 1.165) is 19.4 Å². The molecule has 0 N–H and O–H groups in total. The molecular formula is C31H56O3. The van der Waals surface area contributed by atoms with Crippen LogP contribution in [0, 0.1) is 5.92 Å². The molecule has 34 heavy (non-hydrogen) atoms. The number of carbonyl (C=O) groups is 2. The van der Waals surface area contributed by atoms with Gasteiger partial charge in [0.25, 0.3) is 0 Å². The number of ether oxygens (including phenoxy) is 1. The summed E-state index contributed by atoms with van der Waals surface area (Å²) in [6, 6.07) is 0.